The van der Waals surface area contributed by atoms with Gasteiger partial charge in [-0.25, -0.2) is 8.78 Å². The summed E-state index contributed by atoms with van der Waals surface area (Å²) in [4.78, 5) is 13.4. The molecule has 182 valence electrons. The summed E-state index contributed by atoms with van der Waals surface area (Å²) in [7, 11) is 0. The number of aldehydes is 1. The van der Waals surface area contributed by atoms with Crippen molar-refractivity contribution >= 4 is 40.7 Å². The fourth-order valence-electron chi connectivity index (χ4n) is 2.50. The molecule has 0 bridgehead atoms. The Labute approximate surface area is 199 Å². The Morgan fingerprint density at radius 2 is 1.82 bits per heavy atom. The van der Waals surface area contributed by atoms with E-state index in [1.54, 1.807) is 13.0 Å². The average Bonchev–Trinajstić information content (AvgIpc) is 3.52. The SMILES string of the molecule is CC.CC(=N/O)/C(=C\C(/C=C(\C)c1ccc(F)c(Cl)c1F)=NCC1(C)CC1)C(=N)N.CC=O. The van der Waals surface area contributed by atoms with E-state index in [9.17, 15) is 8.78 Å². The van der Waals surface area contributed by atoms with Gasteiger partial charge in [-0.1, -0.05) is 37.5 Å². The summed E-state index contributed by atoms with van der Waals surface area (Å²) in [6.07, 6.45) is 5.99. The Hall–Kier alpha value is -2.87. The van der Waals surface area contributed by atoms with Gasteiger partial charge in [-0.3, -0.25) is 10.4 Å². The lowest BCUT2D eigenvalue weighted by Gasteiger charge is -2.09. The minimum Gasteiger partial charge on any atom is -0.411 e. The lowest BCUT2D eigenvalue weighted by molar-refractivity contribution is -0.106. The van der Waals surface area contributed by atoms with Crippen LogP contribution in [0.15, 0.2) is 40.0 Å². The van der Waals surface area contributed by atoms with Gasteiger partial charge >= 0.3 is 0 Å². The first-order valence-electron chi connectivity index (χ1n) is 10.5. The zero-order chi connectivity index (χ0) is 25.8. The molecule has 0 heterocycles. The smallest absolute Gasteiger partial charge is 0.152 e. The van der Waals surface area contributed by atoms with Gasteiger partial charge in [0.25, 0.3) is 0 Å². The molecule has 2 rings (SSSR count). The number of nitrogens with two attached hydrogens (primary N) is 1. The van der Waals surface area contributed by atoms with Crippen molar-refractivity contribution in [3.05, 3.63) is 52.1 Å². The average molecular weight is 483 g/mol. The highest BCUT2D eigenvalue weighted by molar-refractivity contribution is 6.31. The maximum absolute atomic E-state index is 14.3. The second-order valence-corrected chi connectivity index (χ2v) is 7.87. The number of amidine groups is 1. The Morgan fingerprint density at radius 3 is 2.27 bits per heavy atom. The van der Waals surface area contributed by atoms with E-state index in [4.69, 9.17) is 32.7 Å². The predicted octanol–water partition coefficient (Wildman–Crippen LogP) is 6.21. The largest absolute Gasteiger partial charge is 0.411 e. The second kappa shape index (κ2) is 14.3. The maximum Gasteiger partial charge on any atom is 0.152 e. The predicted molar refractivity (Wildman–Crippen MR) is 133 cm³/mol. The topological polar surface area (TPSA) is 112 Å². The molecule has 1 aliphatic carbocycles. The van der Waals surface area contributed by atoms with Crippen LogP contribution in [0.25, 0.3) is 5.57 Å². The van der Waals surface area contributed by atoms with Crippen LogP contribution >= 0.6 is 11.6 Å². The number of halogens is 3. The molecule has 1 aromatic rings. The molecule has 4 N–H and O–H groups in total. The summed E-state index contributed by atoms with van der Waals surface area (Å²) in [5.74, 6) is -1.98. The van der Waals surface area contributed by atoms with Crippen LogP contribution < -0.4 is 5.73 Å². The van der Waals surface area contributed by atoms with Crippen molar-refractivity contribution < 1.29 is 18.8 Å². The van der Waals surface area contributed by atoms with E-state index < -0.39 is 16.7 Å². The molecule has 0 atom stereocenters. The Balaban J connectivity index is 0.00000189. The minimum atomic E-state index is -0.854. The molecule has 0 aromatic heterocycles. The highest BCUT2D eigenvalue weighted by atomic mass is 35.5. The summed E-state index contributed by atoms with van der Waals surface area (Å²) in [6, 6.07) is 2.40. The molecule has 0 aliphatic heterocycles. The van der Waals surface area contributed by atoms with Crippen molar-refractivity contribution in [1.82, 2.24) is 0 Å². The molecule has 0 saturated heterocycles. The van der Waals surface area contributed by atoms with Gasteiger partial charge in [0.05, 0.1) is 11.4 Å². The van der Waals surface area contributed by atoms with E-state index in [1.807, 2.05) is 13.8 Å². The molecule has 1 saturated carbocycles. The molecule has 1 aliphatic rings. The van der Waals surface area contributed by atoms with E-state index >= 15 is 0 Å². The number of benzene rings is 1. The molecule has 6 nitrogen and oxygen atoms in total. The summed E-state index contributed by atoms with van der Waals surface area (Å²) < 4.78 is 27.8. The third kappa shape index (κ3) is 9.65. The minimum absolute atomic E-state index is 0.127. The number of carbonyl (C=O) groups is 1. The van der Waals surface area contributed by atoms with Crippen LogP contribution in [0.1, 0.15) is 59.9 Å². The van der Waals surface area contributed by atoms with Gasteiger partial charge < -0.3 is 15.7 Å². The molecule has 0 amide bonds. The van der Waals surface area contributed by atoms with Crippen LogP contribution in [0.5, 0.6) is 0 Å². The summed E-state index contributed by atoms with van der Waals surface area (Å²) >= 11 is 5.67. The van der Waals surface area contributed by atoms with Crippen LogP contribution in [-0.2, 0) is 4.79 Å². The normalized spacial score (nSPS) is 15.5. The van der Waals surface area contributed by atoms with E-state index in [0.29, 0.717) is 17.8 Å². The zero-order valence-electron chi connectivity index (χ0n) is 20.0. The number of aliphatic imine (C=N–C) groups is 1. The number of hydrogen-bond acceptors (Lipinski definition) is 5. The summed E-state index contributed by atoms with van der Waals surface area (Å²) in [5, 5.41) is 19.2. The molecule has 1 aromatic carbocycles. The Kier molecular flexibility index (Phi) is 13.1. The summed E-state index contributed by atoms with van der Waals surface area (Å²) in [5.41, 5.74) is 7.10. The number of nitrogens with one attached hydrogen (secondary N) is 1. The number of allylic oxidation sites excluding steroid dienone is 3. The fourth-order valence-corrected chi connectivity index (χ4v) is 2.66. The molecule has 0 unspecified atom stereocenters. The molecule has 0 spiro atoms. The maximum atomic E-state index is 14.3. The third-order valence-corrected chi connectivity index (χ3v) is 5.04. The fraction of sp³-hybridized carbons (Fsp3) is 0.417. The molecular weight excluding hydrogens is 450 g/mol. The van der Waals surface area contributed by atoms with Gasteiger partial charge in [-0.2, -0.15) is 0 Å². The van der Waals surface area contributed by atoms with E-state index in [-0.39, 0.29) is 28.1 Å². The van der Waals surface area contributed by atoms with Crippen molar-refractivity contribution in [2.45, 2.75) is 54.4 Å². The molecule has 9 heteroatoms. The van der Waals surface area contributed by atoms with Gasteiger partial charge in [0.1, 0.15) is 23.0 Å². The standard InChI is InChI=1S/C20H23ClF2N4O.C2H4O.C2H6/c1-11(14-4-5-16(22)17(21)18(14)23)8-13(26-10-20(3)6-7-20)9-15(19(24)25)12(2)27-28;1-2-3;1-2/h4-5,8-9,28H,6-7,10H2,1-3H3,(H3,24,25);2H,1H3;1-2H3/b11-8+,15-9+,26-13?,27-12-;;. The van der Waals surface area contributed by atoms with E-state index in [2.05, 4.69) is 17.1 Å². The van der Waals surface area contributed by atoms with Crippen molar-refractivity contribution in [2.24, 2.45) is 21.3 Å². The first kappa shape index (κ1) is 30.1. The second-order valence-electron chi connectivity index (χ2n) is 7.49. The van der Waals surface area contributed by atoms with Crippen molar-refractivity contribution in [2.75, 3.05) is 6.54 Å². The van der Waals surface area contributed by atoms with E-state index in [0.717, 1.165) is 25.2 Å². The van der Waals surface area contributed by atoms with Crippen LogP contribution in [0.3, 0.4) is 0 Å². The van der Waals surface area contributed by atoms with Crippen molar-refractivity contribution in [3.63, 3.8) is 0 Å². The monoisotopic (exact) mass is 482 g/mol. The molecule has 1 fully saturated rings. The van der Waals surface area contributed by atoms with Crippen LogP contribution in [0, 0.1) is 22.5 Å². The number of nitrogens with zero attached hydrogens (tertiary/aromatic N) is 2. The molecule has 33 heavy (non-hydrogen) atoms. The summed E-state index contributed by atoms with van der Waals surface area (Å²) in [6.45, 7) is 11.3. The molecular formula is C24H33ClF2N4O2. The highest BCUT2D eigenvalue weighted by Gasteiger charge is 2.36. The van der Waals surface area contributed by atoms with Crippen LogP contribution in [0.2, 0.25) is 5.02 Å². The first-order chi connectivity index (χ1) is 15.5. The van der Waals surface area contributed by atoms with Gasteiger partial charge in [0.15, 0.2) is 5.82 Å². The quantitative estimate of drug-likeness (QED) is 0.107. The van der Waals surface area contributed by atoms with E-state index in [1.165, 1.54) is 26.0 Å². The number of carbonyl (C=O) groups excluding carboxylic acids is 1. The Bertz CT molecular complexity index is 965. The zero-order valence-corrected chi connectivity index (χ0v) is 20.7. The van der Waals surface area contributed by atoms with Gasteiger partial charge in [-0.05, 0) is 68.9 Å². The number of rotatable bonds is 7. The van der Waals surface area contributed by atoms with Gasteiger partial charge in [0, 0.05) is 17.7 Å². The number of oxime groups is 1. The van der Waals surface area contributed by atoms with Gasteiger partial charge in [-0.15, -0.1) is 0 Å². The molecule has 0 radical (unpaired) electrons. The van der Waals surface area contributed by atoms with Gasteiger partial charge in [0.2, 0.25) is 0 Å². The van der Waals surface area contributed by atoms with Crippen LogP contribution in [-0.4, -0.2) is 35.3 Å². The van der Waals surface area contributed by atoms with Crippen molar-refractivity contribution in [3.8, 4) is 0 Å². The van der Waals surface area contributed by atoms with Crippen LogP contribution in [0.4, 0.5) is 8.78 Å². The number of hydrogen-bond donors (Lipinski definition) is 3. The highest BCUT2D eigenvalue weighted by Crippen LogP contribution is 2.45. The Morgan fingerprint density at radius 1 is 1.27 bits per heavy atom. The first-order valence-corrected chi connectivity index (χ1v) is 10.9. The lowest BCUT2D eigenvalue weighted by Crippen LogP contribution is -2.19. The third-order valence-electron chi connectivity index (χ3n) is 4.69. The lowest BCUT2D eigenvalue weighted by atomic mass is 10.0. The van der Waals surface area contributed by atoms with Crippen molar-refractivity contribution in [1.29, 1.82) is 5.41 Å².